The fourth-order valence-corrected chi connectivity index (χ4v) is 4.00. The van der Waals surface area contributed by atoms with Crippen LogP contribution in [0.3, 0.4) is 0 Å². The van der Waals surface area contributed by atoms with Gasteiger partial charge in [0, 0.05) is 38.1 Å². The first-order valence-corrected chi connectivity index (χ1v) is 8.79. The summed E-state index contributed by atoms with van der Waals surface area (Å²) < 4.78 is 6.20. The van der Waals surface area contributed by atoms with Gasteiger partial charge in [0.25, 0.3) is 0 Å². The number of aromatic amines is 1. The van der Waals surface area contributed by atoms with Crippen LogP contribution in [0, 0.1) is 0 Å². The summed E-state index contributed by atoms with van der Waals surface area (Å²) in [6.07, 6.45) is 0. The Bertz CT molecular complexity index is 1430. The van der Waals surface area contributed by atoms with E-state index in [1.54, 1.807) is 0 Å². The van der Waals surface area contributed by atoms with Gasteiger partial charge in [-0.05, 0) is 23.8 Å². The van der Waals surface area contributed by atoms with Crippen LogP contribution in [0.1, 0.15) is 0 Å². The molecular weight excluding hydrogens is 318 g/mol. The quantitative estimate of drug-likeness (QED) is 0.349. The monoisotopic (exact) mass is 333 g/mol. The van der Waals surface area contributed by atoms with Gasteiger partial charge >= 0.3 is 0 Å². The van der Waals surface area contributed by atoms with Gasteiger partial charge in [-0.25, -0.2) is 0 Å². The fraction of sp³-hybridized carbons (Fsp3) is 0. The van der Waals surface area contributed by atoms with Crippen molar-refractivity contribution in [3.8, 4) is 11.1 Å². The molecule has 2 heterocycles. The average Bonchev–Trinajstić information content (AvgIpc) is 3.25. The maximum Gasteiger partial charge on any atom is 0.143 e. The van der Waals surface area contributed by atoms with Crippen LogP contribution in [0.4, 0.5) is 0 Å². The Hall–Kier alpha value is -3.52. The van der Waals surface area contributed by atoms with Crippen LogP contribution in [0.25, 0.3) is 54.9 Å². The SMILES string of the molecule is c1ccc2c(c1)[nH]c1cc(-c3cccc4c3oc3ccccc34)ccc12. The number of hydrogen-bond acceptors (Lipinski definition) is 1. The lowest BCUT2D eigenvalue weighted by Crippen LogP contribution is -1.79. The predicted octanol–water partition coefficient (Wildman–Crippen LogP) is 6.89. The van der Waals surface area contributed by atoms with Crippen molar-refractivity contribution in [3.63, 3.8) is 0 Å². The minimum Gasteiger partial charge on any atom is -0.455 e. The Morgan fingerprint density at radius 2 is 1.35 bits per heavy atom. The van der Waals surface area contributed by atoms with Crippen molar-refractivity contribution in [2.75, 3.05) is 0 Å². The molecule has 2 aromatic heterocycles. The molecule has 0 bridgehead atoms. The molecule has 0 radical (unpaired) electrons. The van der Waals surface area contributed by atoms with E-state index in [0.717, 1.165) is 38.6 Å². The molecule has 0 aliphatic rings. The van der Waals surface area contributed by atoms with Gasteiger partial charge in [0.15, 0.2) is 0 Å². The zero-order valence-corrected chi connectivity index (χ0v) is 14.0. The van der Waals surface area contributed by atoms with Gasteiger partial charge in [-0.1, -0.05) is 66.7 Å². The van der Waals surface area contributed by atoms with E-state index in [1.807, 2.05) is 12.1 Å². The molecule has 0 atom stereocenters. The molecule has 2 heteroatoms. The van der Waals surface area contributed by atoms with Crippen molar-refractivity contribution in [1.82, 2.24) is 4.98 Å². The molecule has 0 fully saturated rings. The number of rotatable bonds is 1. The second kappa shape index (κ2) is 4.99. The van der Waals surface area contributed by atoms with E-state index in [4.69, 9.17) is 4.42 Å². The van der Waals surface area contributed by atoms with Crippen LogP contribution in [0.15, 0.2) is 89.3 Å². The largest absolute Gasteiger partial charge is 0.455 e. The van der Waals surface area contributed by atoms with Crippen LogP contribution in [0.2, 0.25) is 0 Å². The van der Waals surface area contributed by atoms with Gasteiger partial charge in [-0.3, -0.25) is 0 Å². The first-order valence-electron chi connectivity index (χ1n) is 8.79. The molecule has 0 spiro atoms. The van der Waals surface area contributed by atoms with Crippen molar-refractivity contribution in [1.29, 1.82) is 0 Å². The van der Waals surface area contributed by atoms with E-state index in [9.17, 15) is 0 Å². The van der Waals surface area contributed by atoms with E-state index in [-0.39, 0.29) is 0 Å². The maximum absolute atomic E-state index is 6.20. The number of H-pyrrole nitrogens is 1. The molecule has 0 aliphatic carbocycles. The highest BCUT2D eigenvalue weighted by atomic mass is 16.3. The first-order chi connectivity index (χ1) is 12.9. The Labute approximate surface area is 149 Å². The number of furan rings is 1. The summed E-state index contributed by atoms with van der Waals surface area (Å²) in [7, 11) is 0. The van der Waals surface area contributed by atoms with Gasteiger partial charge in [0.1, 0.15) is 11.2 Å². The predicted molar refractivity (Wildman–Crippen MR) is 109 cm³/mol. The second-order valence-electron chi connectivity index (χ2n) is 6.71. The molecule has 0 saturated carbocycles. The number of fused-ring (bicyclic) bond motifs is 6. The second-order valence-corrected chi connectivity index (χ2v) is 6.71. The smallest absolute Gasteiger partial charge is 0.143 e. The van der Waals surface area contributed by atoms with Gasteiger partial charge in [0.05, 0.1) is 0 Å². The lowest BCUT2D eigenvalue weighted by molar-refractivity contribution is 0.670. The van der Waals surface area contributed by atoms with Crippen LogP contribution in [0.5, 0.6) is 0 Å². The molecule has 6 rings (SSSR count). The van der Waals surface area contributed by atoms with Crippen molar-refractivity contribution in [3.05, 3.63) is 84.9 Å². The summed E-state index contributed by atoms with van der Waals surface area (Å²) >= 11 is 0. The Kier molecular flexibility index (Phi) is 2.64. The molecule has 2 nitrogen and oxygen atoms in total. The molecule has 26 heavy (non-hydrogen) atoms. The highest BCUT2D eigenvalue weighted by Gasteiger charge is 2.12. The highest BCUT2D eigenvalue weighted by Crippen LogP contribution is 2.37. The summed E-state index contributed by atoms with van der Waals surface area (Å²) in [5.41, 5.74) is 6.48. The van der Waals surface area contributed by atoms with Crippen molar-refractivity contribution in [2.45, 2.75) is 0 Å². The summed E-state index contributed by atoms with van der Waals surface area (Å²) in [6.45, 7) is 0. The molecule has 0 saturated heterocycles. The molecule has 1 N–H and O–H groups in total. The van der Waals surface area contributed by atoms with E-state index >= 15 is 0 Å². The number of aromatic nitrogens is 1. The van der Waals surface area contributed by atoms with Gasteiger partial charge in [-0.2, -0.15) is 0 Å². The average molecular weight is 333 g/mol. The third kappa shape index (κ3) is 1.81. The fourth-order valence-electron chi connectivity index (χ4n) is 4.00. The van der Waals surface area contributed by atoms with Crippen LogP contribution >= 0.6 is 0 Å². The number of nitrogens with one attached hydrogen (secondary N) is 1. The molecular formula is C24H15NO. The van der Waals surface area contributed by atoms with E-state index < -0.39 is 0 Å². The Balaban J connectivity index is 1.66. The molecule has 0 aliphatic heterocycles. The minimum absolute atomic E-state index is 0.932. The van der Waals surface area contributed by atoms with Crippen molar-refractivity contribution < 1.29 is 4.42 Å². The maximum atomic E-state index is 6.20. The zero-order valence-electron chi connectivity index (χ0n) is 14.0. The first kappa shape index (κ1) is 13.7. The Morgan fingerprint density at radius 3 is 2.31 bits per heavy atom. The lowest BCUT2D eigenvalue weighted by atomic mass is 10.0. The normalized spacial score (nSPS) is 11.8. The van der Waals surface area contributed by atoms with E-state index in [1.165, 1.54) is 16.3 Å². The summed E-state index contributed by atoms with van der Waals surface area (Å²) in [5, 5.41) is 4.84. The number of hydrogen-bond donors (Lipinski definition) is 1. The van der Waals surface area contributed by atoms with E-state index in [2.05, 4.69) is 77.8 Å². The van der Waals surface area contributed by atoms with Crippen molar-refractivity contribution >= 4 is 43.7 Å². The van der Waals surface area contributed by atoms with Crippen LogP contribution in [-0.4, -0.2) is 4.98 Å². The summed E-state index contributed by atoms with van der Waals surface area (Å²) in [4.78, 5) is 3.53. The van der Waals surface area contributed by atoms with Gasteiger partial charge < -0.3 is 9.40 Å². The molecule has 122 valence electrons. The molecule has 0 unspecified atom stereocenters. The number of para-hydroxylation sites is 3. The lowest BCUT2D eigenvalue weighted by Gasteiger charge is -2.03. The number of benzene rings is 4. The molecule has 0 amide bonds. The third-order valence-corrected chi connectivity index (χ3v) is 5.22. The summed E-state index contributed by atoms with van der Waals surface area (Å²) in [6, 6.07) is 29.6. The highest BCUT2D eigenvalue weighted by molar-refractivity contribution is 6.11. The van der Waals surface area contributed by atoms with Gasteiger partial charge in [0.2, 0.25) is 0 Å². The van der Waals surface area contributed by atoms with Crippen LogP contribution in [-0.2, 0) is 0 Å². The van der Waals surface area contributed by atoms with Gasteiger partial charge in [-0.15, -0.1) is 0 Å². The minimum atomic E-state index is 0.932. The topological polar surface area (TPSA) is 28.9 Å². The molecule has 6 aromatic rings. The van der Waals surface area contributed by atoms with E-state index in [0.29, 0.717) is 0 Å². The van der Waals surface area contributed by atoms with Crippen LogP contribution < -0.4 is 0 Å². The zero-order chi connectivity index (χ0) is 17.1. The summed E-state index contributed by atoms with van der Waals surface area (Å²) in [5.74, 6) is 0. The Morgan fingerprint density at radius 1 is 0.577 bits per heavy atom. The standard InChI is InChI=1S/C24H15NO/c1-3-10-21-17(6-1)18-13-12-15(14-22(18)25-21)16-8-5-9-20-19-7-2-4-11-23(19)26-24(16)20/h1-14,25H. The molecule has 4 aromatic carbocycles. The third-order valence-electron chi connectivity index (χ3n) is 5.22. The van der Waals surface area contributed by atoms with Crippen molar-refractivity contribution in [2.24, 2.45) is 0 Å².